The predicted octanol–water partition coefficient (Wildman–Crippen LogP) is 0.317. The summed E-state index contributed by atoms with van der Waals surface area (Å²) in [6.45, 7) is 0.389. The van der Waals surface area contributed by atoms with Crippen molar-refractivity contribution in [1.29, 1.82) is 0 Å². The maximum atomic E-state index is 12.5. The summed E-state index contributed by atoms with van der Waals surface area (Å²) < 4.78 is 5.12. The maximum absolute atomic E-state index is 12.5. The zero-order chi connectivity index (χ0) is 15.9. The molecule has 1 saturated heterocycles. The van der Waals surface area contributed by atoms with Crippen molar-refractivity contribution >= 4 is 17.7 Å². The lowest BCUT2D eigenvalue weighted by Gasteiger charge is -2.25. The molecule has 0 unspecified atom stereocenters. The molecule has 0 saturated carbocycles. The van der Waals surface area contributed by atoms with E-state index in [2.05, 4.69) is 11.2 Å². The molecule has 2 heterocycles. The smallest absolute Gasteiger partial charge is 0.254 e. The average molecular weight is 298 g/mol. The van der Waals surface area contributed by atoms with Gasteiger partial charge in [-0.15, -0.1) is 6.42 Å². The van der Waals surface area contributed by atoms with Crippen LogP contribution in [0.15, 0.2) is 18.2 Å². The molecule has 1 aromatic rings. The molecule has 3 amide bonds. The molecule has 1 fully saturated rings. The molecular weight excluding hydrogens is 284 g/mol. The van der Waals surface area contributed by atoms with Crippen molar-refractivity contribution in [2.45, 2.75) is 13.0 Å². The standard InChI is InChI=1S/C16H14N2O4/c1-3-16(7-13(19)17-15(16)21)9-18-8-10-4-5-11(22-2)6-12(10)14(18)20/h1,4-6H,7-9H2,2H3,(H,17,19,21)/t16-/m1/s1. The van der Waals surface area contributed by atoms with Gasteiger partial charge >= 0.3 is 0 Å². The second kappa shape index (κ2) is 4.88. The van der Waals surface area contributed by atoms with Gasteiger partial charge in [-0.05, 0) is 17.7 Å². The Morgan fingerprint density at radius 2 is 2.18 bits per heavy atom. The number of hydrogen-bond donors (Lipinski definition) is 1. The summed E-state index contributed by atoms with van der Waals surface area (Å²) >= 11 is 0. The number of rotatable bonds is 3. The molecular formula is C16H14N2O4. The first kappa shape index (κ1) is 14.1. The van der Waals surface area contributed by atoms with Crippen LogP contribution in [0.1, 0.15) is 22.3 Å². The lowest BCUT2D eigenvalue weighted by molar-refractivity contribution is -0.127. The number of methoxy groups -OCH3 is 1. The molecule has 2 aliphatic heterocycles. The molecule has 6 nitrogen and oxygen atoms in total. The van der Waals surface area contributed by atoms with E-state index in [9.17, 15) is 14.4 Å². The third-order valence-corrected chi connectivity index (χ3v) is 4.08. The molecule has 22 heavy (non-hydrogen) atoms. The molecule has 2 aliphatic rings. The van der Waals surface area contributed by atoms with Gasteiger partial charge in [-0.2, -0.15) is 0 Å². The Kier molecular flexibility index (Phi) is 3.14. The van der Waals surface area contributed by atoms with E-state index in [-0.39, 0.29) is 18.9 Å². The van der Waals surface area contributed by atoms with Gasteiger partial charge in [-0.1, -0.05) is 12.0 Å². The highest BCUT2D eigenvalue weighted by Gasteiger charge is 2.48. The van der Waals surface area contributed by atoms with Gasteiger partial charge in [-0.3, -0.25) is 19.7 Å². The lowest BCUT2D eigenvalue weighted by Crippen LogP contribution is -2.42. The number of nitrogens with one attached hydrogen (secondary N) is 1. The van der Waals surface area contributed by atoms with Gasteiger partial charge < -0.3 is 9.64 Å². The molecule has 1 aromatic carbocycles. The topological polar surface area (TPSA) is 75.7 Å². The molecule has 0 aliphatic carbocycles. The Morgan fingerprint density at radius 3 is 2.77 bits per heavy atom. The number of amides is 3. The van der Waals surface area contributed by atoms with Gasteiger partial charge in [-0.25, -0.2) is 0 Å². The van der Waals surface area contributed by atoms with Crippen LogP contribution in [0.2, 0.25) is 0 Å². The Morgan fingerprint density at radius 1 is 1.41 bits per heavy atom. The van der Waals surface area contributed by atoms with Crippen LogP contribution in [0.3, 0.4) is 0 Å². The fourth-order valence-electron chi connectivity index (χ4n) is 2.86. The SMILES string of the molecule is C#C[C@]1(CN2Cc3ccc(OC)cc3C2=O)CC(=O)NC1=O. The van der Waals surface area contributed by atoms with E-state index in [4.69, 9.17) is 11.2 Å². The van der Waals surface area contributed by atoms with Crippen LogP contribution in [0.4, 0.5) is 0 Å². The first-order valence-electron chi connectivity index (χ1n) is 6.77. The summed E-state index contributed by atoms with van der Waals surface area (Å²) in [4.78, 5) is 37.4. The molecule has 0 radical (unpaired) electrons. The second-order valence-corrected chi connectivity index (χ2v) is 5.46. The van der Waals surface area contributed by atoms with Crippen LogP contribution in [0.5, 0.6) is 5.75 Å². The summed E-state index contributed by atoms with van der Waals surface area (Å²) in [5.74, 6) is 1.86. The van der Waals surface area contributed by atoms with Crippen LogP contribution >= 0.6 is 0 Å². The quantitative estimate of drug-likeness (QED) is 0.644. The number of terminal acetylenes is 1. The molecule has 1 atom stereocenters. The van der Waals surface area contributed by atoms with E-state index in [0.717, 1.165) is 5.56 Å². The largest absolute Gasteiger partial charge is 0.497 e. The number of carbonyl (C=O) groups is 3. The van der Waals surface area contributed by atoms with Gasteiger partial charge in [0.05, 0.1) is 13.5 Å². The third-order valence-electron chi connectivity index (χ3n) is 4.08. The van der Waals surface area contributed by atoms with E-state index in [1.807, 2.05) is 6.07 Å². The van der Waals surface area contributed by atoms with Crippen molar-refractivity contribution in [3.05, 3.63) is 29.3 Å². The summed E-state index contributed by atoms with van der Waals surface area (Å²) in [7, 11) is 1.53. The van der Waals surface area contributed by atoms with Crippen LogP contribution in [-0.4, -0.2) is 36.3 Å². The number of ether oxygens (including phenoxy) is 1. The van der Waals surface area contributed by atoms with Gasteiger partial charge in [0.25, 0.3) is 5.91 Å². The normalized spacial score (nSPS) is 23.3. The van der Waals surface area contributed by atoms with Crippen molar-refractivity contribution in [3.63, 3.8) is 0 Å². The van der Waals surface area contributed by atoms with Crippen LogP contribution in [-0.2, 0) is 16.1 Å². The number of hydrogen-bond acceptors (Lipinski definition) is 4. The van der Waals surface area contributed by atoms with Gasteiger partial charge in [0.15, 0.2) is 0 Å². The predicted molar refractivity (Wildman–Crippen MR) is 76.8 cm³/mol. The lowest BCUT2D eigenvalue weighted by atomic mass is 9.86. The molecule has 3 rings (SSSR count). The fraction of sp³-hybridized carbons (Fsp3) is 0.312. The first-order valence-corrected chi connectivity index (χ1v) is 6.77. The van der Waals surface area contributed by atoms with Crippen LogP contribution in [0.25, 0.3) is 0 Å². The van der Waals surface area contributed by atoms with Gasteiger partial charge in [0.1, 0.15) is 11.2 Å². The Labute approximate surface area is 127 Å². The van der Waals surface area contributed by atoms with Crippen molar-refractivity contribution in [2.24, 2.45) is 5.41 Å². The van der Waals surface area contributed by atoms with E-state index in [1.54, 1.807) is 12.1 Å². The van der Waals surface area contributed by atoms with Crippen molar-refractivity contribution in [1.82, 2.24) is 10.2 Å². The number of benzene rings is 1. The highest BCUT2D eigenvalue weighted by molar-refractivity contribution is 6.08. The zero-order valence-electron chi connectivity index (χ0n) is 12.0. The number of imide groups is 1. The van der Waals surface area contributed by atoms with E-state index < -0.39 is 17.2 Å². The molecule has 112 valence electrons. The fourth-order valence-corrected chi connectivity index (χ4v) is 2.86. The highest BCUT2D eigenvalue weighted by atomic mass is 16.5. The maximum Gasteiger partial charge on any atom is 0.254 e. The van der Waals surface area contributed by atoms with Crippen LogP contribution < -0.4 is 10.1 Å². The van der Waals surface area contributed by atoms with Crippen LogP contribution in [0, 0.1) is 17.8 Å². The van der Waals surface area contributed by atoms with E-state index >= 15 is 0 Å². The summed E-state index contributed by atoms with van der Waals surface area (Å²) in [6, 6.07) is 5.26. The Bertz CT molecular complexity index is 734. The number of fused-ring (bicyclic) bond motifs is 1. The van der Waals surface area contributed by atoms with Gasteiger partial charge in [0.2, 0.25) is 11.8 Å². The first-order chi connectivity index (χ1) is 10.5. The number of carbonyl (C=O) groups excluding carboxylic acids is 3. The minimum atomic E-state index is -1.28. The van der Waals surface area contributed by atoms with Gasteiger partial charge in [0, 0.05) is 18.7 Å². The van der Waals surface area contributed by atoms with E-state index in [0.29, 0.717) is 17.9 Å². The van der Waals surface area contributed by atoms with Crippen molar-refractivity contribution < 1.29 is 19.1 Å². The molecule has 6 heteroatoms. The minimum Gasteiger partial charge on any atom is -0.497 e. The molecule has 0 aromatic heterocycles. The average Bonchev–Trinajstić information content (AvgIpc) is 2.96. The van der Waals surface area contributed by atoms with E-state index in [1.165, 1.54) is 12.0 Å². The second-order valence-electron chi connectivity index (χ2n) is 5.46. The zero-order valence-corrected chi connectivity index (χ0v) is 12.0. The highest BCUT2D eigenvalue weighted by Crippen LogP contribution is 2.33. The molecule has 0 bridgehead atoms. The van der Waals surface area contributed by atoms with Crippen molar-refractivity contribution in [2.75, 3.05) is 13.7 Å². The van der Waals surface area contributed by atoms with Crippen molar-refractivity contribution in [3.8, 4) is 18.1 Å². The summed E-state index contributed by atoms with van der Waals surface area (Å²) in [5, 5.41) is 2.21. The monoisotopic (exact) mass is 298 g/mol. The summed E-state index contributed by atoms with van der Waals surface area (Å²) in [5.41, 5.74) is 0.109. The Balaban J connectivity index is 1.87. The molecule has 0 spiro atoms. The Hall–Kier alpha value is -2.81. The molecule has 1 N–H and O–H groups in total. The minimum absolute atomic E-state index is 0.0247. The summed E-state index contributed by atoms with van der Waals surface area (Å²) in [6.07, 6.45) is 5.38. The third kappa shape index (κ3) is 2.02. The number of nitrogens with zero attached hydrogens (tertiary/aromatic N) is 1.